The number of nitrogens with zero attached hydrogens (tertiary/aromatic N) is 5. The number of aryl methyl sites for hydroxylation is 1. The van der Waals surface area contributed by atoms with Crippen LogP contribution in [0, 0.1) is 6.92 Å². The Morgan fingerprint density at radius 2 is 2.00 bits per heavy atom. The van der Waals surface area contributed by atoms with E-state index in [0.29, 0.717) is 23.2 Å². The van der Waals surface area contributed by atoms with Crippen LogP contribution in [0.1, 0.15) is 11.1 Å². The van der Waals surface area contributed by atoms with Crippen molar-refractivity contribution in [2.24, 2.45) is 5.10 Å². The van der Waals surface area contributed by atoms with Crippen molar-refractivity contribution in [3.05, 3.63) is 42.0 Å². The van der Waals surface area contributed by atoms with Gasteiger partial charge in [0, 0.05) is 30.5 Å². The summed E-state index contributed by atoms with van der Waals surface area (Å²) in [5.41, 5.74) is 7.46. The first-order valence-electron chi connectivity index (χ1n) is 8.13. The van der Waals surface area contributed by atoms with Gasteiger partial charge in [0.2, 0.25) is 0 Å². The van der Waals surface area contributed by atoms with Crippen LogP contribution in [-0.4, -0.2) is 51.0 Å². The lowest BCUT2D eigenvalue weighted by atomic mass is 10.1. The molecular weight excluding hydrogens is 373 g/mol. The Kier molecular flexibility index (Phi) is 6.25. The zero-order chi connectivity index (χ0) is 18.4. The van der Waals surface area contributed by atoms with Crippen molar-refractivity contribution in [1.82, 2.24) is 19.9 Å². The molecule has 26 heavy (non-hydrogen) atoms. The fourth-order valence-corrected chi connectivity index (χ4v) is 3.00. The number of aromatic nitrogens is 4. The largest absolute Gasteiger partial charge is 0.369 e. The Morgan fingerprint density at radius 3 is 2.73 bits per heavy atom. The number of anilines is 2. The summed E-state index contributed by atoms with van der Waals surface area (Å²) in [7, 11) is 0. The molecule has 2 N–H and O–H groups in total. The average Bonchev–Trinajstić information content (AvgIpc) is 3.12. The molecule has 0 bridgehead atoms. The molecule has 0 aliphatic heterocycles. The SMILES string of the molecule is Cc1cc(N(CCCl)CCCl)ccc1C=NNc1ncnc2nc[nH]c12. The molecule has 0 spiro atoms. The molecule has 1 aromatic carbocycles. The van der Waals surface area contributed by atoms with Gasteiger partial charge in [-0.05, 0) is 30.2 Å². The third-order valence-electron chi connectivity index (χ3n) is 3.92. The Morgan fingerprint density at radius 1 is 1.19 bits per heavy atom. The Balaban J connectivity index is 1.73. The van der Waals surface area contributed by atoms with Gasteiger partial charge in [-0.2, -0.15) is 5.10 Å². The van der Waals surface area contributed by atoms with Crippen molar-refractivity contribution in [3.8, 4) is 0 Å². The number of nitrogens with one attached hydrogen (secondary N) is 2. The molecule has 2 aromatic heterocycles. The molecule has 0 radical (unpaired) electrons. The highest BCUT2D eigenvalue weighted by atomic mass is 35.5. The van der Waals surface area contributed by atoms with Crippen LogP contribution in [0.3, 0.4) is 0 Å². The number of halogens is 2. The maximum Gasteiger partial charge on any atom is 0.182 e. The molecule has 0 amide bonds. The van der Waals surface area contributed by atoms with E-state index in [9.17, 15) is 0 Å². The minimum absolute atomic E-state index is 0.560. The normalized spacial score (nSPS) is 11.3. The van der Waals surface area contributed by atoms with E-state index in [0.717, 1.165) is 35.4 Å². The number of hydrogen-bond donors (Lipinski definition) is 2. The van der Waals surface area contributed by atoms with Gasteiger partial charge >= 0.3 is 0 Å². The van der Waals surface area contributed by atoms with Crippen LogP contribution >= 0.6 is 23.2 Å². The van der Waals surface area contributed by atoms with Gasteiger partial charge in [-0.25, -0.2) is 15.0 Å². The van der Waals surface area contributed by atoms with Crippen molar-refractivity contribution in [2.75, 3.05) is 35.2 Å². The van der Waals surface area contributed by atoms with Gasteiger partial charge in [0.1, 0.15) is 11.8 Å². The summed E-state index contributed by atoms with van der Waals surface area (Å²) in [6.07, 6.45) is 4.78. The number of hydrazone groups is 1. The molecule has 136 valence electrons. The van der Waals surface area contributed by atoms with Crippen LogP contribution in [0.25, 0.3) is 11.2 Å². The second-order valence-electron chi connectivity index (χ2n) is 5.60. The maximum absolute atomic E-state index is 5.88. The van der Waals surface area contributed by atoms with Crippen molar-refractivity contribution in [2.45, 2.75) is 6.92 Å². The molecule has 0 unspecified atom stereocenters. The fraction of sp³-hybridized carbons (Fsp3) is 0.294. The lowest BCUT2D eigenvalue weighted by molar-refractivity contribution is 0.873. The number of aromatic amines is 1. The number of fused-ring (bicyclic) bond motifs is 1. The minimum atomic E-state index is 0.560. The van der Waals surface area contributed by atoms with E-state index in [2.05, 4.69) is 41.4 Å². The van der Waals surface area contributed by atoms with Crippen LogP contribution in [-0.2, 0) is 0 Å². The van der Waals surface area contributed by atoms with Crippen molar-refractivity contribution in [1.29, 1.82) is 0 Å². The predicted octanol–water partition coefficient (Wildman–Crippen LogP) is 3.39. The van der Waals surface area contributed by atoms with Gasteiger partial charge in [-0.1, -0.05) is 6.07 Å². The number of H-pyrrole nitrogens is 1. The Hall–Kier alpha value is -2.38. The Bertz CT molecular complexity index is 888. The van der Waals surface area contributed by atoms with Crippen LogP contribution in [0.15, 0.2) is 36.0 Å². The molecule has 7 nitrogen and oxygen atoms in total. The topological polar surface area (TPSA) is 82.1 Å². The maximum atomic E-state index is 5.88. The monoisotopic (exact) mass is 391 g/mol. The van der Waals surface area contributed by atoms with E-state index in [1.54, 1.807) is 12.5 Å². The molecule has 3 rings (SSSR count). The van der Waals surface area contributed by atoms with Crippen LogP contribution < -0.4 is 10.3 Å². The number of alkyl halides is 2. The first-order chi connectivity index (χ1) is 12.7. The van der Waals surface area contributed by atoms with Crippen LogP contribution in [0.4, 0.5) is 11.5 Å². The standard InChI is InChI=1S/C17H19Cl2N7/c1-12-8-14(26(6-4-18)7-5-19)3-2-13(12)9-24-25-17-15-16(21-10-20-15)22-11-23-17/h2-3,8-11H,4-7H2,1H3,(H2,20,21,22,23,25). The van der Waals surface area contributed by atoms with E-state index in [4.69, 9.17) is 23.2 Å². The van der Waals surface area contributed by atoms with E-state index < -0.39 is 0 Å². The van der Waals surface area contributed by atoms with Gasteiger partial charge in [-0.3, -0.25) is 5.43 Å². The zero-order valence-corrected chi connectivity index (χ0v) is 15.8. The highest BCUT2D eigenvalue weighted by Gasteiger charge is 2.07. The van der Waals surface area contributed by atoms with Crippen LogP contribution in [0.2, 0.25) is 0 Å². The number of rotatable bonds is 8. The zero-order valence-electron chi connectivity index (χ0n) is 14.3. The highest BCUT2D eigenvalue weighted by Crippen LogP contribution is 2.19. The van der Waals surface area contributed by atoms with E-state index >= 15 is 0 Å². The average molecular weight is 392 g/mol. The van der Waals surface area contributed by atoms with E-state index in [1.807, 2.05) is 19.1 Å². The third kappa shape index (κ3) is 4.23. The second kappa shape index (κ2) is 8.82. The van der Waals surface area contributed by atoms with Crippen molar-refractivity contribution in [3.63, 3.8) is 0 Å². The summed E-state index contributed by atoms with van der Waals surface area (Å²) < 4.78 is 0. The summed E-state index contributed by atoms with van der Waals surface area (Å²) in [5.74, 6) is 1.70. The van der Waals surface area contributed by atoms with Crippen molar-refractivity contribution >= 4 is 52.1 Å². The van der Waals surface area contributed by atoms with Crippen molar-refractivity contribution < 1.29 is 0 Å². The molecule has 0 saturated carbocycles. The fourth-order valence-electron chi connectivity index (χ4n) is 2.59. The summed E-state index contributed by atoms with van der Waals surface area (Å²) in [6.45, 7) is 3.56. The molecule has 0 saturated heterocycles. The van der Waals surface area contributed by atoms with Gasteiger partial charge < -0.3 is 9.88 Å². The minimum Gasteiger partial charge on any atom is -0.369 e. The van der Waals surface area contributed by atoms with Crippen LogP contribution in [0.5, 0.6) is 0 Å². The molecule has 0 aliphatic rings. The summed E-state index contributed by atoms with van der Waals surface area (Å²) in [6, 6.07) is 6.18. The summed E-state index contributed by atoms with van der Waals surface area (Å²) in [4.78, 5) is 17.5. The number of imidazole rings is 1. The quantitative estimate of drug-likeness (QED) is 0.349. The lowest BCUT2D eigenvalue weighted by Gasteiger charge is -2.23. The summed E-state index contributed by atoms with van der Waals surface area (Å²) in [5, 5.41) is 4.28. The molecule has 2 heterocycles. The molecule has 0 fully saturated rings. The molecule has 0 aliphatic carbocycles. The molecule has 3 aromatic rings. The smallest absolute Gasteiger partial charge is 0.182 e. The predicted molar refractivity (Wildman–Crippen MR) is 108 cm³/mol. The first kappa shape index (κ1) is 18.4. The highest BCUT2D eigenvalue weighted by molar-refractivity contribution is 6.18. The van der Waals surface area contributed by atoms with E-state index in [1.165, 1.54) is 6.33 Å². The van der Waals surface area contributed by atoms with Gasteiger partial charge in [-0.15, -0.1) is 23.2 Å². The first-order valence-corrected chi connectivity index (χ1v) is 9.20. The second-order valence-corrected chi connectivity index (χ2v) is 6.36. The van der Waals surface area contributed by atoms with Gasteiger partial charge in [0.25, 0.3) is 0 Å². The van der Waals surface area contributed by atoms with Gasteiger partial charge in [0.05, 0.1) is 12.5 Å². The third-order valence-corrected chi connectivity index (χ3v) is 4.26. The molecule has 9 heteroatoms. The Labute approximate surface area is 161 Å². The number of hydrogen-bond acceptors (Lipinski definition) is 6. The van der Waals surface area contributed by atoms with E-state index in [-0.39, 0.29) is 0 Å². The lowest BCUT2D eigenvalue weighted by Crippen LogP contribution is -2.27. The summed E-state index contributed by atoms with van der Waals surface area (Å²) >= 11 is 11.8. The number of benzene rings is 1. The van der Waals surface area contributed by atoms with Gasteiger partial charge in [0.15, 0.2) is 11.5 Å². The molecular formula is C17H19Cl2N7. The molecule has 0 atom stereocenters.